The molecule has 10 rings (SSSR count). The van der Waals surface area contributed by atoms with Crippen molar-refractivity contribution in [3.05, 3.63) is 206 Å². The van der Waals surface area contributed by atoms with Gasteiger partial charge in [-0.05, 0) is 96.4 Å². The third-order valence-corrected chi connectivity index (χ3v) is 10.4. The Kier molecular flexibility index (Phi) is 7.51. The van der Waals surface area contributed by atoms with Crippen molar-refractivity contribution < 1.29 is 0 Å². The molecule has 2 nitrogen and oxygen atoms in total. The molecule has 0 spiro atoms. The number of benzene rings is 9. The predicted molar refractivity (Wildman–Crippen MR) is 223 cm³/mol. The highest BCUT2D eigenvalue weighted by Crippen LogP contribution is 2.45. The molecule has 2 heteroatoms. The minimum atomic E-state index is 0.923. The topological polar surface area (TPSA) is 17.8 Å². The smallest absolute Gasteiger partial charge is 0.145 e. The van der Waals surface area contributed by atoms with Crippen LogP contribution in [0.3, 0.4) is 0 Å². The van der Waals surface area contributed by atoms with Crippen LogP contribution < -0.4 is 0 Å². The first kappa shape index (κ1) is 30.8. The first-order valence-electron chi connectivity index (χ1n) is 18.1. The third kappa shape index (κ3) is 5.40. The van der Waals surface area contributed by atoms with Gasteiger partial charge in [-0.1, -0.05) is 176 Å². The summed E-state index contributed by atoms with van der Waals surface area (Å²) in [5.74, 6) is 0.923. The molecule has 1 aromatic heterocycles. The molecule has 9 aromatic carbocycles. The van der Waals surface area contributed by atoms with Crippen molar-refractivity contribution in [1.82, 2.24) is 9.55 Å². The number of hydrogen-bond donors (Lipinski definition) is 0. The van der Waals surface area contributed by atoms with Gasteiger partial charge in [-0.2, -0.15) is 0 Å². The molecule has 0 radical (unpaired) electrons. The Balaban J connectivity index is 1.17. The van der Waals surface area contributed by atoms with Crippen molar-refractivity contribution >= 4 is 32.6 Å². The first-order chi connectivity index (χ1) is 26.3. The van der Waals surface area contributed by atoms with Crippen LogP contribution in [0.2, 0.25) is 0 Å². The molecule has 248 valence electrons. The Labute approximate surface area is 308 Å². The number of rotatable bonds is 6. The Morgan fingerprint density at radius 3 is 1.30 bits per heavy atom. The van der Waals surface area contributed by atoms with Crippen molar-refractivity contribution in [2.75, 3.05) is 0 Å². The van der Waals surface area contributed by atoms with Crippen molar-refractivity contribution in [2.45, 2.75) is 0 Å². The summed E-state index contributed by atoms with van der Waals surface area (Å²) < 4.78 is 2.29. The second-order valence-corrected chi connectivity index (χ2v) is 13.5. The second kappa shape index (κ2) is 12.9. The lowest BCUT2D eigenvalue weighted by molar-refractivity contribution is 1.10. The van der Waals surface area contributed by atoms with Crippen LogP contribution in [-0.4, -0.2) is 9.55 Å². The summed E-state index contributed by atoms with van der Waals surface area (Å²) >= 11 is 0. The number of hydrogen-bond acceptors (Lipinski definition) is 1. The summed E-state index contributed by atoms with van der Waals surface area (Å²) in [7, 11) is 0. The van der Waals surface area contributed by atoms with Gasteiger partial charge in [0.2, 0.25) is 0 Å². The fourth-order valence-electron chi connectivity index (χ4n) is 7.95. The van der Waals surface area contributed by atoms with E-state index >= 15 is 0 Å². The molecule has 53 heavy (non-hydrogen) atoms. The van der Waals surface area contributed by atoms with Crippen LogP contribution >= 0.6 is 0 Å². The minimum absolute atomic E-state index is 0.923. The summed E-state index contributed by atoms with van der Waals surface area (Å²) in [4.78, 5) is 5.37. The fraction of sp³-hybridized carbons (Fsp3) is 0. The van der Waals surface area contributed by atoms with Crippen LogP contribution in [0.4, 0.5) is 0 Å². The maximum absolute atomic E-state index is 5.37. The lowest BCUT2D eigenvalue weighted by Gasteiger charge is -2.18. The zero-order valence-electron chi connectivity index (χ0n) is 29.0. The molecule has 0 aliphatic rings. The van der Waals surface area contributed by atoms with E-state index in [-0.39, 0.29) is 0 Å². The summed E-state index contributed by atoms with van der Waals surface area (Å²) in [6.45, 7) is 0. The van der Waals surface area contributed by atoms with Gasteiger partial charge < -0.3 is 0 Å². The zero-order chi connectivity index (χ0) is 35.1. The minimum Gasteiger partial charge on any atom is -0.292 e. The van der Waals surface area contributed by atoms with Gasteiger partial charge in [0.25, 0.3) is 0 Å². The van der Waals surface area contributed by atoms with Gasteiger partial charge in [-0.3, -0.25) is 4.57 Å². The molecule has 0 aliphatic heterocycles. The van der Waals surface area contributed by atoms with E-state index in [0.29, 0.717) is 0 Å². The maximum atomic E-state index is 5.37. The zero-order valence-corrected chi connectivity index (χ0v) is 29.0. The predicted octanol–water partition coefficient (Wildman–Crippen LogP) is 13.7. The van der Waals surface area contributed by atoms with Crippen LogP contribution in [0.5, 0.6) is 0 Å². The summed E-state index contributed by atoms with van der Waals surface area (Å²) in [6.07, 6.45) is 0. The maximum Gasteiger partial charge on any atom is 0.145 e. The van der Waals surface area contributed by atoms with Gasteiger partial charge in [0.15, 0.2) is 0 Å². The molecular formula is C51H34N2. The van der Waals surface area contributed by atoms with Gasteiger partial charge in [0.05, 0.1) is 11.0 Å². The highest BCUT2D eigenvalue weighted by atomic mass is 15.1. The highest BCUT2D eigenvalue weighted by molar-refractivity contribution is 6.21. The Hall–Kier alpha value is -7.03. The molecule has 0 unspecified atom stereocenters. The number of nitrogens with zero attached hydrogens (tertiary/aromatic N) is 2. The molecule has 0 bridgehead atoms. The number of para-hydroxylation sites is 1. The van der Waals surface area contributed by atoms with Gasteiger partial charge in [0.1, 0.15) is 5.82 Å². The van der Waals surface area contributed by atoms with Crippen LogP contribution in [0.25, 0.3) is 94.2 Å². The van der Waals surface area contributed by atoms with E-state index < -0.39 is 0 Å². The Morgan fingerprint density at radius 2 is 0.717 bits per heavy atom. The fourth-order valence-corrected chi connectivity index (χ4v) is 7.95. The molecule has 10 aromatic rings. The van der Waals surface area contributed by atoms with Crippen molar-refractivity contribution in [1.29, 1.82) is 0 Å². The van der Waals surface area contributed by atoms with Crippen LogP contribution in [0.15, 0.2) is 206 Å². The molecular weight excluding hydrogens is 641 g/mol. The lowest BCUT2D eigenvalue weighted by atomic mass is 9.85. The van der Waals surface area contributed by atoms with E-state index in [1.54, 1.807) is 0 Å². The quantitative estimate of drug-likeness (QED) is 0.161. The average molecular weight is 675 g/mol. The van der Waals surface area contributed by atoms with Gasteiger partial charge >= 0.3 is 0 Å². The van der Waals surface area contributed by atoms with Crippen molar-refractivity contribution in [3.63, 3.8) is 0 Å². The number of imidazole rings is 1. The number of fused-ring (bicyclic) bond motifs is 3. The Bertz CT molecular complexity index is 2850. The van der Waals surface area contributed by atoms with E-state index in [4.69, 9.17) is 4.98 Å². The third-order valence-electron chi connectivity index (χ3n) is 10.4. The van der Waals surface area contributed by atoms with Crippen molar-refractivity contribution in [2.24, 2.45) is 0 Å². The highest BCUT2D eigenvalue weighted by Gasteiger charge is 2.20. The molecule has 0 aliphatic carbocycles. The standard InChI is InChI=1S/C51H34N2/c1-4-15-35(16-5-1)37-27-29-38(30-28-37)51-52-47-34-41(31-32-48(47)53(51)42-21-8-3-9-22-42)50-45-25-12-10-23-43(45)49(44-24-11-13-26-46(44)50)40-20-14-19-39(33-40)36-17-6-2-7-18-36/h1-34H. The number of aromatic nitrogens is 2. The van der Waals surface area contributed by atoms with Gasteiger partial charge in [0, 0.05) is 11.3 Å². The molecule has 0 atom stereocenters. The Morgan fingerprint density at radius 1 is 0.302 bits per heavy atom. The molecule has 0 amide bonds. The van der Waals surface area contributed by atoms with E-state index in [1.165, 1.54) is 60.5 Å². The lowest BCUT2D eigenvalue weighted by Crippen LogP contribution is -1.97. The average Bonchev–Trinajstić information content (AvgIpc) is 3.63. The second-order valence-electron chi connectivity index (χ2n) is 13.5. The van der Waals surface area contributed by atoms with Gasteiger partial charge in [-0.25, -0.2) is 4.98 Å². The van der Waals surface area contributed by atoms with Crippen molar-refractivity contribution in [3.8, 4) is 61.6 Å². The molecule has 0 saturated heterocycles. The summed E-state index contributed by atoms with van der Waals surface area (Å²) in [5.41, 5.74) is 13.9. The van der Waals surface area contributed by atoms with E-state index in [1.807, 2.05) is 0 Å². The molecule has 0 N–H and O–H groups in total. The van der Waals surface area contributed by atoms with E-state index in [0.717, 1.165) is 33.7 Å². The summed E-state index contributed by atoms with van der Waals surface area (Å²) in [5, 5.41) is 4.93. The van der Waals surface area contributed by atoms with Gasteiger partial charge in [-0.15, -0.1) is 0 Å². The normalized spacial score (nSPS) is 11.4. The molecule has 1 heterocycles. The monoisotopic (exact) mass is 674 g/mol. The van der Waals surface area contributed by atoms with E-state index in [2.05, 4.69) is 211 Å². The largest absolute Gasteiger partial charge is 0.292 e. The van der Waals surface area contributed by atoms with Crippen LogP contribution in [-0.2, 0) is 0 Å². The van der Waals surface area contributed by atoms with Crippen LogP contribution in [0, 0.1) is 0 Å². The SMILES string of the molecule is c1ccc(-c2ccc(-c3nc4cc(-c5c6ccccc6c(-c6cccc(-c7ccccc7)c6)c6ccccc56)ccc4n3-c3ccccc3)cc2)cc1. The molecule has 0 fully saturated rings. The summed E-state index contributed by atoms with van der Waals surface area (Å²) in [6, 6.07) is 74.0. The molecule has 0 saturated carbocycles. The van der Waals surface area contributed by atoms with E-state index in [9.17, 15) is 0 Å². The van der Waals surface area contributed by atoms with Crippen LogP contribution in [0.1, 0.15) is 0 Å². The first-order valence-corrected chi connectivity index (χ1v) is 18.1.